The number of hydrogen-bond acceptors (Lipinski definition) is 3. The van der Waals surface area contributed by atoms with Crippen LogP contribution in [0.2, 0.25) is 0 Å². The molecular weight excluding hydrogens is 288 g/mol. The van der Waals surface area contributed by atoms with E-state index in [0.717, 1.165) is 5.56 Å². The molecule has 1 aliphatic rings. The average Bonchev–Trinajstić information content (AvgIpc) is 3.26. The Kier molecular flexibility index (Phi) is 3.06. The summed E-state index contributed by atoms with van der Waals surface area (Å²) in [6, 6.07) is 20.5. The van der Waals surface area contributed by atoms with Crippen molar-refractivity contribution in [3.63, 3.8) is 0 Å². The number of aromatic nitrogens is 1. The predicted molar refractivity (Wildman–Crippen MR) is 88.7 cm³/mol. The van der Waals surface area contributed by atoms with Crippen LogP contribution in [0.4, 0.5) is 0 Å². The minimum atomic E-state index is 0.136. The van der Waals surface area contributed by atoms with Gasteiger partial charge in [-0.2, -0.15) is 5.26 Å². The lowest BCUT2D eigenvalue weighted by Gasteiger charge is -2.11. The molecule has 1 fully saturated rings. The van der Waals surface area contributed by atoms with Crippen LogP contribution in [0.5, 0.6) is 0 Å². The van der Waals surface area contributed by atoms with Gasteiger partial charge in [-0.15, -0.1) is 11.3 Å². The standard InChI is InChI=1S/C19H14N2S/c20-12-14-6-8-15(9-7-14)17-13-21-18(22-17)19(10-11-19)16-4-2-1-3-5-16/h1-9,13H,10-11H2. The Morgan fingerprint density at radius 1 is 1.00 bits per heavy atom. The van der Waals surface area contributed by atoms with Crippen molar-refractivity contribution in [1.29, 1.82) is 5.26 Å². The lowest BCUT2D eigenvalue weighted by atomic mass is 9.97. The van der Waals surface area contributed by atoms with E-state index in [0.29, 0.717) is 5.56 Å². The summed E-state index contributed by atoms with van der Waals surface area (Å²) in [7, 11) is 0. The number of rotatable bonds is 3. The Morgan fingerprint density at radius 2 is 1.73 bits per heavy atom. The van der Waals surface area contributed by atoms with Gasteiger partial charge >= 0.3 is 0 Å². The molecule has 0 radical (unpaired) electrons. The second-order valence-corrected chi connectivity index (χ2v) is 6.70. The van der Waals surface area contributed by atoms with E-state index in [1.54, 1.807) is 11.3 Å². The molecule has 3 heteroatoms. The number of nitriles is 1. The van der Waals surface area contributed by atoms with Crippen LogP contribution in [-0.4, -0.2) is 4.98 Å². The summed E-state index contributed by atoms with van der Waals surface area (Å²) < 4.78 is 0. The summed E-state index contributed by atoms with van der Waals surface area (Å²) in [4.78, 5) is 5.87. The molecule has 0 bridgehead atoms. The van der Waals surface area contributed by atoms with E-state index in [9.17, 15) is 0 Å². The van der Waals surface area contributed by atoms with Gasteiger partial charge in [0.05, 0.1) is 16.5 Å². The van der Waals surface area contributed by atoms with Gasteiger partial charge in [-0.1, -0.05) is 42.5 Å². The highest BCUT2D eigenvalue weighted by molar-refractivity contribution is 7.15. The van der Waals surface area contributed by atoms with Gasteiger partial charge in [0.25, 0.3) is 0 Å². The Morgan fingerprint density at radius 3 is 2.36 bits per heavy atom. The fourth-order valence-corrected chi connectivity index (χ4v) is 4.04. The van der Waals surface area contributed by atoms with Crippen molar-refractivity contribution in [2.24, 2.45) is 0 Å². The van der Waals surface area contributed by atoms with Gasteiger partial charge in [0.1, 0.15) is 5.01 Å². The first kappa shape index (κ1) is 13.2. The summed E-state index contributed by atoms with van der Waals surface area (Å²) >= 11 is 1.77. The minimum absolute atomic E-state index is 0.136. The van der Waals surface area contributed by atoms with Crippen molar-refractivity contribution in [3.8, 4) is 16.5 Å². The van der Waals surface area contributed by atoms with Gasteiger partial charge in [-0.3, -0.25) is 0 Å². The first-order valence-corrected chi connectivity index (χ1v) is 8.16. The Labute approximate surface area is 133 Å². The Hall–Kier alpha value is -2.44. The second kappa shape index (κ2) is 5.08. The summed E-state index contributed by atoms with van der Waals surface area (Å²) in [6.45, 7) is 0. The first-order valence-electron chi connectivity index (χ1n) is 7.34. The molecular formula is C19H14N2S. The zero-order chi connectivity index (χ0) is 15.0. The molecule has 0 spiro atoms. The maximum atomic E-state index is 8.88. The van der Waals surface area contributed by atoms with E-state index < -0.39 is 0 Å². The zero-order valence-corrected chi connectivity index (χ0v) is 12.8. The quantitative estimate of drug-likeness (QED) is 0.699. The molecule has 1 saturated carbocycles. The van der Waals surface area contributed by atoms with Crippen molar-refractivity contribution in [1.82, 2.24) is 4.98 Å². The molecule has 3 aromatic rings. The number of thiazole rings is 1. The van der Waals surface area contributed by atoms with Crippen LogP contribution in [0.15, 0.2) is 60.8 Å². The van der Waals surface area contributed by atoms with E-state index in [1.807, 2.05) is 30.5 Å². The highest BCUT2D eigenvalue weighted by atomic mass is 32.1. The minimum Gasteiger partial charge on any atom is -0.248 e. The van der Waals surface area contributed by atoms with E-state index in [4.69, 9.17) is 10.2 Å². The van der Waals surface area contributed by atoms with Crippen molar-refractivity contribution >= 4 is 11.3 Å². The summed E-state index contributed by atoms with van der Waals surface area (Å²) in [6.07, 6.45) is 4.32. The molecule has 0 unspecified atom stereocenters. The molecule has 1 aliphatic carbocycles. The van der Waals surface area contributed by atoms with Gasteiger partial charge in [0.15, 0.2) is 0 Å². The van der Waals surface area contributed by atoms with Crippen molar-refractivity contribution in [3.05, 3.63) is 76.9 Å². The van der Waals surface area contributed by atoms with Gasteiger partial charge in [0.2, 0.25) is 0 Å². The molecule has 0 N–H and O–H groups in total. The summed E-state index contributed by atoms with van der Waals surface area (Å²) in [5, 5.41) is 10.1. The van der Waals surface area contributed by atoms with Crippen molar-refractivity contribution < 1.29 is 0 Å². The molecule has 2 nitrogen and oxygen atoms in total. The third-order valence-electron chi connectivity index (χ3n) is 4.29. The third kappa shape index (κ3) is 2.13. The van der Waals surface area contributed by atoms with E-state index >= 15 is 0 Å². The number of benzene rings is 2. The van der Waals surface area contributed by atoms with E-state index in [-0.39, 0.29) is 5.41 Å². The monoisotopic (exact) mass is 302 g/mol. The first-order chi connectivity index (χ1) is 10.8. The smallest absolute Gasteiger partial charge is 0.104 e. The topological polar surface area (TPSA) is 36.7 Å². The lowest BCUT2D eigenvalue weighted by Crippen LogP contribution is -2.07. The second-order valence-electron chi connectivity index (χ2n) is 5.67. The molecule has 0 aliphatic heterocycles. The van der Waals surface area contributed by atoms with Gasteiger partial charge < -0.3 is 0 Å². The van der Waals surface area contributed by atoms with Crippen molar-refractivity contribution in [2.75, 3.05) is 0 Å². The fraction of sp³-hybridized carbons (Fsp3) is 0.158. The SMILES string of the molecule is N#Cc1ccc(-c2cnc(C3(c4ccccc4)CC3)s2)cc1. The van der Waals surface area contributed by atoms with Crippen LogP contribution in [-0.2, 0) is 5.41 Å². The van der Waals surface area contributed by atoms with Crippen molar-refractivity contribution in [2.45, 2.75) is 18.3 Å². The molecule has 0 amide bonds. The molecule has 0 saturated heterocycles. The largest absolute Gasteiger partial charge is 0.248 e. The molecule has 22 heavy (non-hydrogen) atoms. The van der Waals surface area contributed by atoms with Crippen LogP contribution in [0.3, 0.4) is 0 Å². The molecule has 2 aromatic carbocycles. The maximum absolute atomic E-state index is 8.88. The van der Waals surface area contributed by atoms with E-state index in [2.05, 4.69) is 36.4 Å². The van der Waals surface area contributed by atoms with Crippen LogP contribution in [0.25, 0.3) is 10.4 Å². The average molecular weight is 302 g/mol. The summed E-state index contributed by atoms with van der Waals surface area (Å²) in [5.41, 5.74) is 3.33. The Bertz CT molecular complexity index is 837. The van der Waals surface area contributed by atoms with E-state index in [1.165, 1.54) is 28.3 Å². The van der Waals surface area contributed by atoms with Gasteiger partial charge in [-0.25, -0.2) is 4.98 Å². The number of nitrogens with zero attached hydrogens (tertiary/aromatic N) is 2. The van der Waals surface area contributed by atoms with Gasteiger partial charge in [-0.05, 0) is 36.1 Å². The predicted octanol–water partition coefficient (Wildman–Crippen LogP) is 4.76. The summed E-state index contributed by atoms with van der Waals surface area (Å²) in [5.74, 6) is 0. The molecule has 1 aromatic heterocycles. The molecule has 0 atom stereocenters. The highest BCUT2D eigenvalue weighted by Crippen LogP contribution is 2.55. The normalized spacial score (nSPS) is 15.2. The number of hydrogen-bond donors (Lipinski definition) is 0. The molecule has 1 heterocycles. The van der Waals surface area contributed by atoms with Crippen LogP contribution >= 0.6 is 11.3 Å². The van der Waals surface area contributed by atoms with Crippen LogP contribution in [0.1, 0.15) is 29.0 Å². The highest BCUT2D eigenvalue weighted by Gasteiger charge is 2.48. The Balaban J connectivity index is 1.68. The van der Waals surface area contributed by atoms with Gasteiger partial charge in [0, 0.05) is 11.6 Å². The maximum Gasteiger partial charge on any atom is 0.104 e. The van der Waals surface area contributed by atoms with Crippen LogP contribution in [0, 0.1) is 11.3 Å². The third-order valence-corrected chi connectivity index (χ3v) is 5.54. The zero-order valence-electron chi connectivity index (χ0n) is 12.0. The lowest BCUT2D eigenvalue weighted by molar-refractivity contribution is 0.833. The van der Waals surface area contributed by atoms with Crippen LogP contribution < -0.4 is 0 Å². The molecule has 106 valence electrons. The molecule has 4 rings (SSSR count). The fourth-order valence-electron chi connectivity index (χ4n) is 2.85.